The zero-order valence-electron chi connectivity index (χ0n) is 3.94. The fraction of sp³-hybridized carbons (Fsp3) is 0. The van der Waals surface area contributed by atoms with Crippen LogP contribution >= 0.6 is 12.8 Å². The van der Waals surface area contributed by atoms with Gasteiger partial charge in [-0.25, -0.2) is 0 Å². The Hall–Kier alpha value is -0.840. The van der Waals surface area contributed by atoms with Crippen molar-refractivity contribution >= 4 is 18.6 Å². The molecule has 0 amide bonds. The summed E-state index contributed by atoms with van der Waals surface area (Å²) in [5.74, 6) is 0.600. The molecule has 0 bridgehead atoms. The van der Waals surface area contributed by atoms with Crippen LogP contribution in [0.1, 0.15) is 0 Å². The van der Waals surface area contributed by atoms with Gasteiger partial charge in [-0.15, -0.1) is 10.2 Å². The van der Waals surface area contributed by atoms with Crippen molar-refractivity contribution < 1.29 is 0 Å². The molecule has 0 unspecified atom stereocenters. The summed E-state index contributed by atoms with van der Waals surface area (Å²) in [6.07, 6.45) is 1.53. The van der Waals surface area contributed by atoms with Crippen LogP contribution in [-0.4, -0.2) is 15.4 Å². The minimum atomic E-state index is 0.600. The minimum absolute atomic E-state index is 0.600. The molecular formula is C3H4N4S. The predicted molar refractivity (Wildman–Crippen MR) is 32.4 cm³/mol. The lowest BCUT2D eigenvalue weighted by Crippen LogP contribution is -1.89. The average molecular weight is 128 g/mol. The van der Waals surface area contributed by atoms with Gasteiger partial charge in [0.05, 0.1) is 6.20 Å². The summed E-state index contributed by atoms with van der Waals surface area (Å²) in [4.78, 5) is 0. The molecule has 4 nitrogen and oxygen atoms in total. The number of hydrogen-bond acceptors (Lipinski definition) is 5. The molecule has 0 aromatic carbocycles. The second-order valence-corrected chi connectivity index (χ2v) is 1.34. The lowest BCUT2D eigenvalue weighted by Gasteiger charge is -1.89. The predicted octanol–water partition coefficient (Wildman–Crippen LogP) is 0.128. The number of rotatable bonds is 1. The zero-order valence-corrected chi connectivity index (χ0v) is 4.84. The van der Waals surface area contributed by atoms with Crippen LogP contribution in [0.3, 0.4) is 0 Å². The zero-order chi connectivity index (χ0) is 5.82. The van der Waals surface area contributed by atoms with Gasteiger partial charge in [0.2, 0.25) is 0 Å². The van der Waals surface area contributed by atoms with Gasteiger partial charge in [0.15, 0.2) is 5.82 Å². The first-order valence-corrected chi connectivity index (χ1v) is 2.42. The van der Waals surface area contributed by atoms with Crippen LogP contribution < -0.4 is 4.72 Å². The normalized spacial score (nSPS) is 8.62. The molecule has 5 heteroatoms. The summed E-state index contributed by atoms with van der Waals surface area (Å²) in [5, 5.41) is 10.4. The number of thiol groups is 1. The summed E-state index contributed by atoms with van der Waals surface area (Å²) < 4.78 is 2.51. The second-order valence-electron chi connectivity index (χ2n) is 1.12. The van der Waals surface area contributed by atoms with Crippen LogP contribution in [0.25, 0.3) is 0 Å². The molecule has 0 aliphatic carbocycles. The van der Waals surface area contributed by atoms with E-state index in [1.54, 1.807) is 6.07 Å². The van der Waals surface area contributed by atoms with E-state index in [4.69, 9.17) is 0 Å². The fourth-order valence-corrected chi connectivity index (χ4v) is 0.420. The van der Waals surface area contributed by atoms with Gasteiger partial charge in [0.25, 0.3) is 0 Å². The van der Waals surface area contributed by atoms with Crippen molar-refractivity contribution in [3.8, 4) is 0 Å². The standard InChI is InChI=1S/C3H4N4S/c8-6-3-1-2-4-7-5-3/h1-2,8H,(H,4,5,6). The van der Waals surface area contributed by atoms with E-state index in [2.05, 4.69) is 32.9 Å². The first-order chi connectivity index (χ1) is 3.93. The molecule has 0 aliphatic heterocycles. The van der Waals surface area contributed by atoms with E-state index < -0.39 is 0 Å². The van der Waals surface area contributed by atoms with Gasteiger partial charge in [0, 0.05) is 6.07 Å². The molecule has 0 saturated carbocycles. The molecule has 0 aliphatic rings. The molecule has 1 aromatic rings. The Morgan fingerprint density at radius 1 is 1.62 bits per heavy atom. The van der Waals surface area contributed by atoms with E-state index in [1.807, 2.05) is 0 Å². The maximum atomic E-state index is 3.73. The third-order valence-electron chi connectivity index (χ3n) is 0.618. The summed E-state index contributed by atoms with van der Waals surface area (Å²) in [5.41, 5.74) is 0. The Labute approximate surface area is 51.9 Å². The van der Waals surface area contributed by atoms with E-state index in [-0.39, 0.29) is 0 Å². The first-order valence-electron chi connectivity index (χ1n) is 1.98. The molecule has 1 N–H and O–H groups in total. The smallest absolute Gasteiger partial charge is 0.161 e. The monoisotopic (exact) mass is 128 g/mol. The Bertz CT molecular complexity index is 153. The Morgan fingerprint density at radius 2 is 2.50 bits per heavy atom. The van der Waals surface area contributed by atoms with Gasteiger partial charge >= 0.3 is 0 Å². The van der Waals surface area contributed by atoms with Crippen molar-refractivity contribution in [3.63, 3.8) is 0 Å². The van der Waals surface area contributed by atoms with Crippen molar-refractivity contribution in [3.05, 3.63) is 12.3 Å². The highest BCUT2D eigenvalue weighted by Gasteiger charge is 1.83. The van der Waals surface area contributed by atoms with Crippen LogP contribution in [0, 0.1) is 0 Å². The molecule has 8 heavy (non-hydrogen) atoms. The second kappa shape index (κ2) is 2.46. The van der Waals surface area contributed by atoms with Crippen LogP contribution in [0.2, 0.25) is 0 Å². The molecule has 0 fully saturated rings. The van der Waals surface area contributed by atoms with Crippen molar-refractivity contribution in [1.82, 2.24) is 15.4 Å². The summed E-state index contributed by atoms with van der Waals surface area (Å²) in [6, 6.07) is 1.67. The van der Waals surface area contributed by atoms with Crippen LogP contribution in [0.4, 0.5) is 5.82 Å². The van der Waals surface area contributed by atoms with Gasteiger partial charge in [-0.2, -0.15) is 0 Å². The highest BCUT2D eigenvalue weighted by molar-refractivity contribution is 7.81. The third kappa shape index (κ3) is 1.06. The number of anilines is 1. The molecular weight excluding hydrogens is 124 g/mol. The molecule has 1 rings (SSSR count). The minimum Gasteiger partial charge on any atom is -0.315 e. The average Bonchev–Trinajstić information content (AvgIpc) is 1.90. The number of hydrogen-bond donors (Lipinski definition) is 2. The largest absolute Gasteiger partial charge is 0.315 e. The van der Waals surface area contributed by atoms with Crippen molar-refractivity contribution in [2.45, 2.75) is 0 Å². The van der Waals surface area contributed by atoms with E-state index in [1.165, 1.54) is 6.20 Å². The van der Waals surface area contributed by atoms with Gasteiger partial charge in [-0.3, -0.25) is 0 Å². The molecule has 1 aromatic heterocycles. The first kappa shape index (κ1) is 5.30. The van der Waals surface area contributed by atoms with Crippen LogP contribution in [0.15, 0.2) is 12.3 Å². The molecule has 42 valence electrons. The Morgan fingerprint density at radius 3 is 2.88 bits per heavy atom. The Balaban J connectivity index is 2.83. The van der Waals surface area contributed by atoms with Gasteiger partial charge in [-0.05, 0) is 5.21 Å². The number of nitrogens with zero attached hydrogens (tertiary/aromatic N) is 3. The van der Waals surface area contributed by atoms with Gasteiger partial charge < -0.3 is 4.72 Å². The summed E-state index contributed by atoms with van der Waals surface area (Å²) in [7, 11) is 0. The number of nitrogens with one attached hydrogen (secondary N) is 1. The molecule has 1 heterocycles. The highest BCUT2D eigenvalue weighted by Crippen LogP contribution is 1.95. The lowest BCUT2D eigenvalue weighted by atomic mass is 10.6. The van der Waals surface area contributed by atoms with Gasteiger partial charge in [0.1, 0.15) is 0 Å². The summed E-state index contributed by atoms with van der Waals surface area (Å²) in [6.45, 7) is 0. The van der Waals surface area contributed by atoms with Crippen molar-refractivity contribution in [1.29, 1.82) is 0 Å². The third-order valence-corrected chi connectivity index (χ3v) is 0.847. The lowest BCUT2D eigenvalue weighted by molar-refractivity contribution is 0.873. The van der Waals surface area contributed by atoms with E-state index >= 15 is 0 Å². The van der Waals surface area contributed by atoms with Crippen molar-refractivity contribution in [2.75, 3.05) is 4.72 Å². The van der Waals surface area contributed by atoms with E-state index in [0.29, 0.717) is 5.82 Å². The molecule has 0 spiro atoms. The maximum Gasteiger partial charge on any atom is 0.161 e. The quantitative estimate of drug-likeness (QED) is 0.528. The number of aromatic nitrogens is 3. The molecule has 0 saturated heterocycles. The maximum absolute atomic E-state index is 3.73. The summed E-state index contributed by atoms with van der Waals surface area (Å²) >= 11 is 3.73. The molecule has 0 radical (unpaired) electrons. The van der Waals surface area contributed by atoms with E-state index in [9.17, 15) is 0 Å². The topological polar surface area (TPSA) is 50.7 Å². The fourth-order valence-electron chi connectivity index (χ4n) is 0.301. The van der Waals surface area contributed by atoms with E-state index in [0.717, 1.165) is 0 Å². The Kier molecular flexibility index (Phi) is 1.63. The van der Waals surface area contributed by atoms with Crippen LogP contribution in [0.5, 0.6) is 0 Å². The van der Waals surface area contributed by atoms with Crippen LogP contribution in [-0.2, 0) is 0 Å². The highest BCUT2D eigenvalue weighted by atomic mass is 32.1. The molecule has 0 atom stereocenters. The van der Waals surface area contributed by atoms with Gasteiger partial charge in [-0.1, -0.05) is 12.8 Å². The SMILES string of the molecule is SNc1ccnnn1. The van der Waals surface area contributed by atoms with Crippen molar-refractivity contribution in [2.24, 2.45) is 0 Å².